The molecule has 1 heterocycles. The van der Waals surface area contributed by atoms with Gasteiger partial charge in [-0.3, -0.25) is 4.90 Å². The summed E-state index contributed by atoms with van der Waals surface area (Å²) in [6, 6.07) is 10.3. The van der Waals surface area contributed by atoms with Crippen LogP contribution in [-0.2, 0) is 16.0 Å². The van der Waals surface area contributed by atoms with Crippen LogP contribution in [-0.4, -0.2) is 55.1 Å². The van der Waals surface area contributed by atoms with E-state index in [2.05, 4.69) is 23.0 Å². The van der Waals surface area contributed by atoms with Gasteiger partial charge in [0.15, 0.2) is 0 Å². The van der Waals surface area contributed by atoms with E-state index in [0.717, 1.165) is 32.5 Å². The lowest BCUT2D eigenvalue weighted by atomic mass is 10.1. The third-order valence-corrected chi connectivity index (χ3v) is 3.70. The van der Waals surface area contributed by atoms with E-state index in [1.165, 1.54) is 5.56 Å². The van der Waals surface area contributed by atoms with Gasteiger partial charge in [-0.1, -0.05) is 36.3 Å². The minimum absolute atomic E-state index is 0.238. The summed E-state index contributed by atoms with van der Waals surface area (Å²) >= 11 is 0. The van der Waals surface area contributed by atoms with Gasteiger partial charge >= 0.3 is 0 Å². The van der Waals surface area contributed by atoms with Crippen LogP contribution in [0.25, 0.3) is 0 Å². The van der Waals surface area contributed by atoms with E-state index in [4.69, 9.17) is 15.9 Å². The van der Waals surface area contributed by atoms with Gasteiger partial charge in [-0.25, -0.2) is 0 Å². The molecule has 0 spiro atoms. The lowest BCUT2D eigenvalue weighted by Crippen LogP contribution is -2.39. The van der Waals surface area contributed by atoms with Crippen molar-refractivity contribution in [2.45, 2.75) is 31.6 Å². The standard InChI is InChI=1S/C18H25NO3/c1-2-10-21-15-17(20)13-19(14-18-9-6-11-22-18)12-16-7-4-3-5-8-16/h1,3-5,7-8,17-18,20H,6,9-15H2. The normalized spacial score (nSPS) is 19.2. The molecule has 1 aromatic carbocycles. The van der Waals surface area contributed by atoms with Crippen LogP contribution in [0.3, 0.4) is 0 Å². The molecule has 120 valence electrons. The van der Waals surface area contributed by atoms with Gasteiger partial charge in [0.1, 0.15) is 6.61 Å². The smallest absolute Gasteiger partial charge is 0.107 e. The van der Waals surface area contributed by atoms with Gasteiger partial charge < -0.3 is 14.6 Å². The number of rotatable bonds is 9. The molecule has 2 rings (SSSR count). The Morgan fingerprint density at radius 2 is 2.23 bits per heavy atom. The van der Waals surface area contributed by atoms with Crippen LogP contribution in [0.15, 0.2) is 30.3 Å². The van der Waals surface area contributed by atoms with Crippen molar-refractivity contribution < 1.29 is 14.6 Å². The fourth-order valence-electron chi connectivity index (χ4n) is 2.73. The maximum atomic E-state index is 10.1. The average molecular weight is 303 g/mol. The summed E-state index contributed by atoms with van der Waals surface area (Å²) in [6.07, 6.45) is 7.08. The first-order valence-corrected chi connectivity index (χ1v) is 7.85. The van der Waals surface area contributed by atoms with Crippen LogP contribution in [0.1, 0.15) is 18.4 Å². The number of benzene rings is 1. The largest absolute Gasteiger partial charge is 0.389 e. The highest BCUT2D eigenvalue weighted by atomic mass is 16.5. The SMILES string of the molecule is C#CCOCC(O)CN(Cc1ccccc1)CC1CCCO1. The number of aliphatic hydroxyl groups excluding tert-OH is 1. The Balaban J connectivity index is 1.87. The molecule has 2 unspecified atom stereocenters. The van der Waals surface area contributed by atoms with Gasteiger partial charge in [-0.15, -0.1) is 6.42 Å². The lowest BCUT2D eigenvalue weighted by Gasteiger charge is -2.27. The molecule has 0 aliphatic carbocycles. The fourth-order valence-corrected chi connectivity index (χ4v) is 2.73. The number of ether oxygens (including phenoxy) is 2. The number of hydrogen-bond donors (Lipinski definition) is 1. The Morgan fingerprint density at radius 1 is 1.41 bits per heavy atom. The summed E-state index contributed by atoms with van der Waals surface area (Å²) in [5.41, 5.74) is 1.23. The highest BCUT2D eigenvalue weighted by Gasteiger charge is 2.21. The molecule has 4 heteroatoms. The monoisotopic (exact) mass is 303 g/mol. The van der Waals surface area contributed by atoms with Crippen molar-refractivity contribution in [1.29, 1.82) is 0 Å². The molecule has 1 aliphatic heterocycles. The molecule has 1 fully saturated rings. The average Bonchev–Trinajstić information content (AvgIpc) is 3.01. The summed E-state index contributed by atoms with van der Waals surface area (Å²) in [7, 11) is 0. The van der Waals surface area contributed by atoms with Crippen molar-refractivity contribution in [3.05, 3.63) is 35.9 Å². The van der Waals surface area contributed by atoms with Crippen LogP contribution >= 0.6 is 0 Å². The zero-order valence-corrected chi connectivity index (χ0v) is 13.0. The van der Waals surface area contributed by atoms with Gasteiger partial charge in [-0.05, 0) is 18.4 Å². The van der Waals surface area contributed by atoms with E-state index in [1.807, 2.05) is 18.2 Å². The van der Waals surface area contributed by atoms with E-state index in [9.17, 15) is 5.11 Å². The molecule has 1 N–H and O–H groups in total. The quantitative estimate of drug-likeness (QED) is 0.557. The van der Waals surface area contributed by atoms with Crippen LogP contribution < -0.4 is 0 Å². The van der Waals surface area contributed by atoms with Gasteiger partial charge in [0.25, 0.3) is 0 Å². The molecule has 4 nitrogen and oxygen atoms in total. The predicted octanol–water partition coefficient (Wildman–Crippen LogP) is 1.68. The Bertz CT molecular complexity index is 451. The number of nitrogens with zero attached hydrogens (tertiary/aromatic N) is 1. The van der Waals surface area contributed by atoms with Crippen LogP contribution in [0.2, 0.25) is 0 Å². The van der Waals surface area contributed by atoms with Gasteiger partial charge in [0.2, 0.25) is 0 Å². The van der Waals surface area contributed by atoms with Gasteiger partial charge in [-0.2, -0.15) is 0 Å². The molecule has 0 aromatic heterocycles. The molecule has 2 atom stereocenters. The number of aliphatic hydroxyl groups is 1. The van der Waals surface area contributed by atoms with E-state index in [0.29, 0.717) is 6.54 Å². The Kier molecular flexibility index (Phi) is 7.41. The summed E-state index contributed by atoms with van der Waals surface area (Å²) in [4.78, 5) is 2.23. The summed E-state index contributed by atoms with van der Waals surface area (Å²) < 4.78 is 10.9. The molecule has 0 saturated carbocycles. The Morgan fingerprint density at radius 3 is 2.91 bits per heavy atom. The molecule has 1 saturated heterocycles. The predicted molar refractivity (Wildman–Crippen MR) is 86.4 cm³/mol. The first-order valence-electron chi connectivity index (χ1n) is 7.85. The number of hydrogen-bond acceptors (Lipinski definition) is 4. The first-order chi connectivity index (χ1) is 10.8. The molecule has 1 aromatic rings. The first kappa shape index (κ1) is 17.0. The maximum absolute atomic E-state index is 10.1. The van der Waals surface area contributed by atoms with E-state index in [1.54, 1.807) is 0 Å². The van der Waals surface area contributed by atoms with Crippen molar-refractivity contribution in [3.63, 3.8) is 0 Å². The van der Waals surface area contributed by atoms with Crippen LogP contribution in [0, 0.1) is 12.3 Å². The summed E-state index contributed by atoms with van der Waals surface area (Å²) in [5.74, 6) is 2.41. The van der Waals surface area contributed by atoms with E-state index >= 15 is 0 Å². The molecule has 0 amide bonds. The Labute approximate surface area is 133 Å². The fraction of sp³-hybridized carbons (Fsp3) is 0.556. The minimum atomic E-state index is -0.543. The van der Waals surface area contributed by atoms with E-state index < -0.39 is 6.10 Å². The molecule has 0 bridgehead atoms. The third kappa shape index (κ3) is 6.17. The van der Waals surface area contributed by atoms with Crippen LogP contribution in [0.5, 0.6) is 0 Å². The molecule has 0 radical (unpaired) electrons. The lowest BCUT2D eigenvalue weighted by molar-refractivity contribution is 0.00955. The second-order valence-electron chi connectivity index (χ2n) is 5.69. The van der Waals surface area contributed by atoms with Crippen molar-refractivity contribution in [2.75, 3.05) is 32.9 Å². The van der Waals surface area contributed by atoms with Crippen molar-refractivity contribution in [3.8, 4) is 12.3 Å². The molecule has 22 heavy (non-hydrogen) atoms. The molecular weight excluding hydrogens is 278 g/mol. The highest BCUT2D eigenvalue weighted by Crippen LogP contribution is 2.15. The zero-order chi connectivity index (χ0) is 15.6. The maximum Gasteiger partial charge on any atom is 0.107 e. The highest BCUT2D eigenvalue weighted by molar-refractivity contribution is 5.14. The number of terminal acetylenes is 1. The second kappa shape index (κ2) is 9.60. The third-order valence-electron chi connectivity index (χ3n) is 3.70. The summed E-state index contributed by atoms with van der Waals surface area (Å²) in [6.45, 7) is 3.54. The minimum Gasteiger partial charge on any atom is -0.389 e. The van der Waals surface area contributed by atoms with Crippen molar-refractivity contribution in [2.24, 2.45) is 0 Å². The van der Waals surface area contributed by atoms with Gasteiger partial charge in [0.05, 0.1) is 18.8 Å². The van der Waals surface area contributed by atoms with Crippen molar-refractivity contribution in [1.82, 2.24) is 4.90 Å². The van der Waals surface area contributed by atoms with E-state index in [-0.39, 0.29) is 19.3 Å². The molecular formula is C18H25NO3. The second-order valence-corrected chi connectivity index (χ2v) is 5.69. The zero-order valence-electron chi connectivity index (χ0n) is 13.0. The van der Waals surface area contributed by atoms with Crippen LogP contribution in [0.4, 0.5) is 0 Å². The Hall–Kier alpha value is -1.38. The van der Waals surface area contributed by atoms with Crippen molar-refractivity contribution >= 4 is 0 Å². The summed E-state index contributed by atoms with van der Waals surface area (Å²) in [5, 5.41) is 10.1. The topological polar surface area (TPSA) is 41.9 Å². The molecule has 1 aliphatic rings. The van der Waals surface area contributed by atoms with Gasteiger partial charge in [0, 0.05) is 26.2 Å².